The van der Waals surface area contributed by atoms with Gasteiger partial charge in [0.15, 0.2) is 0 Å². The molecule has 0 spiro atoms. The van der Waals surface area contributed by atoms with E-state index in [0.717, 1.165) is 12.8 Å². The topological polar surface area (TPSA) is 26.3 Å². The number of hydrogen-bond donors (Lipinski definition) is 1. The fourth-order valence-electron chi connectivity index (χ4n) is 2.95. The van der Waals surface area contributed by atoms with Crippen LogP contribution in [0.1, 0.15) is 96.8 Å². The molecule has 2 nitrogen and oxygen atoms in total. The van der Waals surface area contributed by atoms with E-state index in [1.807, 2.05) is 0 Å². The molecule has 0 aliphatic heterocycles. The Kier molecular flexibility index (Phi) is 18.6. The van der Waals surface area contributed by atoms with Crippen LogP contribution in [-0.2, 0) is 9.53 Å². The SMILES string of the molecule is CCCCCCCC/C=C\CCCCCCCCOC(=O)[CH](S)[Sn]([CH3])([CH3])[CH3]. The van der Waals surface area contributed by atoms with E-state index in [1.165, 1.54) is 77.0 Å². The zero-order chi connectivity index (χ0) is 20.4. The molecule has 0 N–H and O–H groups in total. The van der Waals surface area contributed by atoms with Gasteiger partial charge in [-0.15, -0.1) is 0 Å². The van der Waals surface area contributed by atoms with E-state index in [4.69, 9.17) is 4.74 Å². The van der Waals surface area contributed by atoms with Crippen molar-refractivity contribution in [3.8, 4) is 0 Å². The molecule has 0 rings (SSSR count). The molecule has 27 heavy (non-hydrogen) atoms. The monoisotopic (exact) mass is 506 g/mol. The Bertz CT molecular complexity index is 377. The first-order chi connectivity index (χ1) is 12.9. The number of thiol groups is 1. The average Bonchev–Trinajstić information content (AvgIpc) is 2.62. The molecular formula is C23H46O2SSn. The minimum absolute atomic E-state index is 0.0885. The Morgan fingerprint density at radius 2 is 1.26 bits per heavy atom. The number of esters is 1. The van der Waals surface area contributed by atoms with Crippen molar-refractivity contribution < 1.29 is 9.53 Å². The van der Waals surface area contributed by atoms with E-state index in [2.05, 4.69) is 46.5 Å². The Labute approximate surface area is 179 Å². The van der Waals surface area contributed by atoms with Gasteiger partial charge in [-0.1, -0.05) is 45.1 Å². The number of unbranched alkanes of at least 4 members (excludes halogenated alkanes) is 12. The van der Waals surface area contributed by atoms with Crippen molar-refractivity contribution in [1.29, 1.82) is 0 Å². The van der Waals surface area contributed by atoms with Crippen LogP contribution < -0.4 is 0 Å². The molecule has 0 bridgehead atoms. The zero-order valence-electron chi connectivity index (χ0n) is 18.6. The maximum atomic E-state index is 11.9. The summed E-state index contributed by atoms with van der Waals surface area (Å²) >= 11 is 2.18. The molecule has 0 aromatic carbocycles. The van der Waals surface area contributed by atoms with Crippen LogP contribution in [0.25, 0.3) is 0 Å². The van der Waals surface area contributed by atoms with Gasteiger partial charge in [0.2, 0.25) is 0 Å². The van der Waals surface area contributed by atoms with Gasteiger partial charge in [-0.2, -0.15) is 0 Å². The zero-order valence-corrected chi connectivity index (χ0v) is 22.4. The van der Waals surface area contributed by atoms with E-state index in [9.17, 15) is 4.79 Å². The molecule has 0 aliphatic rings. The summed E-state index contributed by atoms with van der Waals surface area (Å²) in [5.74, 6) is -0.0885. The van der Waals surface area contributed by atoms with Crippen LogP contribution in [-0.4, -0.2) is 34.2 Å². The maximum absolute atomic E-state index is 11.9. The number of rotatable bonds is 18. The quantitative estimate of drug-likeness (QED) is 0.0678. The average molecular weight is 505 g/mol. The Morgan fingerprint density at radius 3 is 1.74 bits per heavy atom. The second-order valence-electron chi connectivity index (χ2n) is 8.87. The summed E-state index contributed by atoms with van der Waals surface area (Å²) in [5.41, 5.74) is 0. The van der Waals surface area contributed by atoms with E-state index in [1.54, 1.807) is 0 Å². The summed E-state index contributed by atoms with van der Waals surface area (Å²) in [6.07, 6.45) is 22.9. The normalized spacial score (nSPS) is 13.2. The molecule has 0 aromatic rings. The van der Waals surface area contributed by atoms with E-state index < -0.39 is 18.4 Å². The first kappa shape index (κ1) is 27.4. The van der Waals surface area contributed by atoms with Crippen molar-refractivity contribution in [2.45, 2.75) is 115 Å². The van der Waals surface area contributed by atoms with Gasteiger partial charge in [-0.25, -0.2) is 0 Å². The molecule has 0 radical (unpaired) electrons. The van der Waals surface area contributed by atoms with Crippen LogP contribution >= 0.6 is 12.6 Å². The van der Waals surface area contributed by atoms with Gasteiger partial charge in [0.05, 0.1) is 0 Å². The molecule has 0 aromatic heterocycles. The van der Waals surface area contributed by atoms with Gasteiger partial charge < -0.3 is 0 Å². The fourth-order valence-corrected chi connectivity index (χ4v) is 5.29. The van der Waals surface area contributed by atoms with E-state index in [-0.39, 0.29) is 9.24 Å². The second kappa shape index (κ2) is 18.4. The van der Waals surface area contributed by atoms with Crippen LogP contribution in [0.4, 0.5) is 0 Å². The molecule has 160 valence electrons. The van der Waals surface area contributed by atoms with E-state index in [0.29, 0.717) is 6.61 Å². The third kappa shape index (κ3) is 18.1. The number of carbonyl (C=O) groups is 1. The molecule has 4 heteroatoms. The number of carbonyl (C=O) groups excluding carboxylic acids is 1. The van der Waals surface area contributed by atoms with Crippen molar-refractivity contribution in [1.82, 2.24) is 0 Å². The van der Waals surface area contributed by atoms with Gasteiger partial charge >= 0.3 is 122 Å². The van der Waals surface area contributed by atoms with Crippen molar-refractivity contribution >= 4 is 37.0 Å². The van der Waals surface area contributed by atoms with Gasteiger partial charge in [0.25, 0.3) is 0 Å². The summed E-state index contributed by atoms with van der Waals surface area (Å²) in [6, 6.07) is 0. The van der Waals surface area contributed by atoms with E-state index >= 15 is 0 Å². The molecule has 0 amide bonds. The predicted octanol–water partition coefficient (Wildman–Crippen LogP) is 7.74. The van der Waals surface area contributed by atoms with Crippen LogP contribution in [0.5, 0.6) is 0 Å². The fraction of sp³-hybridized carbons (Fsp3) is 0.870. The molecule has 0 saturated heterocycles. The Balaban J connectivity index is 3.31. The summed E-state index contributed by atoms with van der Waals surface area (Å²) in [4.78, 5) is 18.6. The van der Waals surface area contributed by atoms with Crippen molar-refractivity contribution in [2.24, 2.45) is 0 Å². The van der Waals surface area contributed by atoms with Crippen molar-refractivity contribution in [3.63, 3.8) is 0 Å². The predicted molar refractivity (Wildman–Crippen MR) is 127 cm³/mol. The second-order valence-corrected chi connectivity index (χ2v) is 25.9. The summed E-state index contributed by atoms with van der Waals surface area (Å²) in [7, 11) is 0. The Hall–Kier alpha value is 0.359. The van der Waals surface area contributed by atoms with Crippen LogP contribution in [0.15, 0.2) is 12.2 Å². The Morgan fingerprint density at radius 1 is 0.815 bits per heavy atom. The standard InChI is InChI=1S/C20H37O2S.3CH3.Sn/c1-2-3-4-5-6-7-8-9-10-11-12-13-14-15-16-17-18-22-20(21)19-23;;;;/h9-10,19,23H,2-8,11-18H2,1H3;3*1H3;/b10-9-;;;;. The molecule has 0 aliphatic carbocycles. The first-order valence-corrected chi connectivity index (χ1v) is 22.1. The minimum atomic E-state index is -2.27. The first-order valence-electron chi connectivity index (χ1n) is 11.4. The molecule has 0 saturated carbocycles. The summed E-state index contributed by atoms with van der Waals surface area (Å²) in [5, 5.41) is 0. The van der Waals surface area contributed by atoms with Crippen LogP contribution in [0.3, 0.4) is 0 Å². The van der Waals surface area contributed by atoms with Crippen LogP contribution in [0.2, 0.25) is 14.8 Å². The third-order valence-electron chi connectivity index (χ3n) is 4.94. The molecule has 1 atom stereocenters. The van der Waals surface area contributed by atoms with Gasteiger partial charge in [-0.3, -0.25) is 0 Å². The third-order valence-corrected chi connectivity index (χ3v) is 15.7. The molecule has 0 fully saturated rings. The van der Waals surface area contributed by atoms with Gasteiger partial charge in [-0.05, 0) is 12.8 Å². The van der Waals surface area contributed by atoms with Crippen LogP contribution in [0, 0.1) is 0 Å². The number of hydrogen-bond acceptors (Lipinski definition) is 3. The van der Waals surface area contributed by atoms with Gasteiger partial charge in [0, 0.05) is 0 Å². The molecule has 0 heterocycles. The number of allylic oxidation sites excluding steroid dienone is 2. The van der Waals surface area contributed by atoms with Gasteiger partial charge in [0.1, 0.15) is 0 Å². The number of ether oxygens (including phenoxy) is 1. The van der Waals surface area contributed by atoms with Crippen molar-refractivity contribution in [3.05, 3.63) is 12.2 Å². The molecule has 1 unspecified atom stereocenters. The summed E-state index contributed by atoms with van der Waals surface area (Å²) in [6.45, 7) is 2.84. The van der Waals surface area contributed by atoms with Crippen molar-refractivity contribution in [2.75, 3.05) is 6.61 Å². The summed E-state index contributed by atoms with van der Waals surface area (Å²) < 4.78 is 5.25. The molecular weight excluding hydrogens is 459 g/mol.